The molecule has 0 radical (unpaired) electrons. The zero-order chi connectivity index (χ0) is 21.3. The van der Waals surface area contributed by atoms with Crippen molar-refractivity contribution < 1.29 is 14.3 Å². The maximum absolute atomic E-state index is 12.7. The molecule has 3 aromatic rings. The molecule has 0 atom stereocenters. The van der Waals surface area contributed by atoms with Crippen LogP contribution in [0.2, 0.25) is 10.0 Å². The van der Waals surface area contributed by atoms with Crippen LogP contribution in [0, 0.1) is 0 Å². The number of carbonyl (C=O) groups is 2. The monoisotopic (exact) mass is 460 g/mol. The van der Waals surface area contributed by atoms with Gasteiger partial charge in [0.1, 0.15) is 0 Å². The van der Waals surface area contributed by atoms with Crippen LogP contribution in [0.4, 0.5) is 4.79 Å². The minimum Gasteiger partial charge on any atom is -0.383 e. The van der Waals surface area contributed by atoms with Crippen molar-refractivity contribution in [2.45, 2.75) is 6.54 Å². The van der Waals surface area contributed by atoms with Gasteiger partial charge < -0.3 is 9.30 Å². The maximum Gasteiger partial charge on any atom is 0.293 e. The van der Waals surface area contributed by atoms with Crippen molar-refractivity contribution in [1.82, 2.24) is 9.47 Å². The molecule has 0 unspecified atom stereocenters. The lowest BCUT2D eigenvalue weighted by Crippen LogP contribution is -2.31. The van der Waals surface area contributed by atoms with Gasteiger partial charge in [-0.2, -0.15) is 0 Å². The Hall–Kier alpha value is -2.25. The number of methoxy groups -OCH3 is 1. The summed E-state index contributed by atoms with van der Waals surface area (Å²) >= 11 is 13.3. The molecule has 4 rings (SSSR count). The standard InChI is InChI=1S/C22H18Cl2N2O3S/c1-29-9-8-26-21(27)20(30-22(26)28)10-15-13-25(19-5-3-2-4-17(15)19)12-14-6-7-16(23)11-18(14)24/h2-7,10-11,13H,8-9,12H2,1H3/b20-10+. The minimum absolute atomic E-state index is 0.245. The first-order chi connectivity index (χ1) is 14.5. The molecule has 2 amide bonds. The lowest BCUT2D eigenvalue weighted by Gasteiger charge is -2.10. The summed E-state index contributed by atoms with van der Waals surface area (Å²) in [5.41, 5.74) is 2.81. The second-order valence-corrected chi connectivity index (χ2v) is 8.63. The SMILES string of the molecule is COCCN1C(=O)S/C(=C/c2cn(Cc3ccc(Cl)cc3Cl)c3ccccc23)C1=O. The first-order valence-electron chi connectivity index (χ1n) is 9.24. The van der Waals surface area contributed by atoms with E-state index in [1.165, 1.54) is 12.0 Å². The van der Waals surface area contributed by atoms with Gasteiger partial charge in [-0.05, 0) is 41.6 Å². The third kappa shape index (κ3) is 4.14. The van der Waals surface area contributed by atoms with E-state index in [0.717, 1.165) is 33.8 Å². The van der Waals surface area contributed by atoms with Crippen LogP contribution in [0.1, 0.15) is 11.1 Å². The first-order valence-corrected chi connectivity index (χ1v) is 10.8. The Morgan fingerprint density at radius 2 is 1.93 bits per heavy atom. The first kappa shape index (κ1) is 21.0. The molecule has 0 aliphatic carbocycles. The molecule has 1 saturated heterocycles. The summed E-state index contributed by atoms with van der Waals surface area (Å²) in [4.78, 5) is 26.5. The molecule has 0 spiro atoms. The number of halogens is 2. The highest BCUT2D eigenvalue weighted by Gasteiger charge is 2.34. The largest absolute Gasteiger partial charge is 0.383 e. The van der Waals surface area contributed by atoms with E-state index < -0.39 is 0 Å². The Morgan fingerprint density at radius 3 is 2.70 bits per heavy atom. The summed E-state index contributed by atoms with van der Waals surface area (Å²) < 4.78 is 7.07. The van der Waals surface area contributed by atoms with Crippen LogP contribution < -0.4 is 0 Å². The molecule has 154 valence electrons. The molecule has 30 heavy (non-hydrogen) atoms. The van der Waals surface area contributed by atoms with Crippen LogP contribution in [0.15, 0.2) is 53.6 Å². The van der Waals surface area contributed by atoms with E-state index in [2.05, 4.69) is 4.57 Å². The van der Waals surface area contributed by atoms with Gasteiger partial charge in [0.25, 0.3) is 11.1 Å². The number of nitrogens with zero attached hydrogens (tertiary/aromatic N) is 2. The predicted molar refractivity (Wildman–Crippen MR) is 122 cm³/mol. The average Bonchev–Trinajstić information content (AvgIpc) is 3.20. The van der Waals surface area contributed by atoms with Crippen molar-refractivity contribution in [2.75, 3.05) is 20.3 Å². The van der Waals surface area contributed by atoms with E-state index >= 15 is 0 Å². The number of rotatable bonds is 6. The summed E-state index contributed by atoms with van der Waals surface area (Å²) in [5.74, 6) is -0.292. The van der Waals surface area contributed by atoms with Gasteiger partial charge in [-0.1, -0.05) is 47.5 Å². The second kappa shape index (κ2) is 8.86. The van der Waals surface area contributed by atoms with Crippen molar-refractivity contribution in [3.63, 3.8) is 0 Å². The van der Waals surface area contributed by atoms with Crippen molar-refractivity contribution >= 4 is 63.1 Å². The number of aromatic nitrogens is 1. The topological polar surface area (TPSA) is 51.5 Å². The normalized spacial score (nSPS) is 15.7. The van der Waals surface area contributed by atoms with Crippen LogP contribution in [0.5, 0.6) is 0 Å². The van der Waals surface area contributed by atoms with Crippen molar-refractivity contribution in [2.24, 2.45) is 0 Å². The van der Waals surface area contributed by atoms with Gasteiger partial charge in [0.05, 0.1) is 18.1 Å². The molecule has 2 aromatic carbocycles. The molecule has 0 saturated carbocycles. The van der Waals surface area contributed by atoms with Gasteiger partial charge in [0.2, 0.25) is 0 Å². The number of imide groups is 1. The molecular weight excluding hydrogens is 443 g/mol. The van der Waals surface area contributed by atoms with E-state index in [-0.39, 0.29) is 17.7 Å². The summed E-state index contributed by atoms with van der Waals surface area (Å²) in [6.07, 6.45) is 3.75. The highest BCUT2D eigenvalue weighted by molar-refractivity contribution is 8.18. The van der Waals surface area contributed by atoms with Crippen LogP contribution in [-0.2, 0) is 16.1 Å². The lowest BCUT2D eigenvalue weighted by atomic mass is 10.1. The van der Waals surface area contributed by atoms with Crippen LogP contribution in [0.3, 0.4) is 0 Å². The molecule has 2 heterocycles. The number of carbonyl (C=O) groups excluding carboxylic acids is 2. The van der Waals surface area contributed by atoms with E-state index in [1.54, 1.807) is 12.1 Å². The maximum atomic E-state index is 12.7. The van der Waals surface area contributed by atoms with Gasteiger partial charge in [0, 0.05) is 46.4 Å². The van der Waals surface area contributed by atoms with Crippen LogP contribution >= 0.6 is 35.0 Å². The quantitative estimate of drug-likeness (QED) is 0.444. The summed E-state index contributed by atoms with van der Waals surface area (Å²) in [6.45, 7) is 1.11. The van der Waals surface area contributed by atoms with Crippen LogP contribution in [-0.4, -0.2) is 40.9 Å². The fourth-order valence-corrected chi connectivity index (χ4v) is 4.70. The third-order valence-electron chi connectivity index (χ3n) is 4.85. The van der Waals surface area contributed by atoms with Gasteiger partial charge >= 0.3 is 0 Å². The number of thioether (sulfide) groups is 1. The van der Waals surface area contributed by atoms with Gasteiger partial charge in [-0.25, -0.2) is 0 Å². The van der Waals surface area contributed by atoms with Gasteiger partial charge in [0.15, 0.2) is 0 Å². The summed E-state index contributed by atoms with van der Waals surface area (Å²) in [7, 11) is 1.54. The molecular formula is C22H18Cl2N2O3S. The Labute approximate surface area is 188 Å². The number of ether oxygens (including phenoxy) is 1. The molecule has 1 aromatic heterocycles. The van der Waals surface area contributed by atoms with Crippen molar-refractivity contribution in [1.29, 1.82) is 0 Å². The Bertz CT molecular complexity index is 1170. The number of fused-ring (bicyclic) bond motifs is 1. The smallest absolute Gasteiger partial charge is 0.293 e. The number of benzene rings is 2. The number of para-hydroxylation sites is 1. The molecule has 1 aliphatic rings. The zero-order valence-corrected chi connectivity index (χ0v) is 18.4. The molecule has 8 heteroatoms. The number of amides is 2. The molecule has 5 nitrogen and oxygen atoms in total. The zero-order valence-electron chi connectivity index (χ0n) is 16.1. The fraction of sp³-hybridized carbons (Fsp3) is 0.182. The Morgan fingerprint density at radius 1 is 1.13 bits per heavy atom. The minimum atomic E-state index is -0.292. The number of hydrogen-bond donors (Lipinski definition) is 0. The van der Waals surface area contributed by atoms with Gasteiger partial charge in [-0.15, -0.1) is 0 Å². The van der Waals surface area contributed by atoms with Gasteiger partial charge in [-0.3, -0.25) is 14.5 Å². The second-order valence-electron chi connectivity index (χ2n) is 6.79. The number of hydrogen-bond acceptors (Lipinski definition) is 4. The van der Waals surface area contributed by atoms with E-state index in [9.17, 15) is 9.59 Å². The van der Waals surface area contributed by atoms with Crippen molar-refractivity contribution in [3.8, 4) is 0 Å². The highest BCUT2D eigenvalue weighted by atomic mass is 35.5. The molecule has 1 aliphatic heterocycles. The molecule has 1 fully saturated rings. The van der Waals surface area contributed by atoms with E-state index in [1.807, 2.05) is 42.6 Å². The summed E-state index contributed by atoms with van der Waals surface area (Å²) in [5, 5.41) is 1.90. The molecule has 0 bridgehead atoms. The van der Waals surface area contributed by atoms with Crippen LogP contribution in [0.25, 0.3) is 17.0 Å². The van der Waals surface area contributed by atoms with E-state index in [4.69, 9.17) is 27.9 Å². The predicted octanol–water partition coefficient (Wildman–Crippen LogP) is 5.68. The Balaban J connectivity index is 1.70. The molecule has 0 N–H and O–H groups in total. The Kier molecular flexibility index (Phi) is 6.20. The lowest BCUT2D eigenvalue weighted by molar-refractivity contribution is -0.123. The van der Waals surface area contributed by atoms with Crippen molar-refractivity contribution in [3.05, 3.63) is 74.7 Å². The highest BCUT2D eigenvalue weighted by Crippen LogP contribution is 2.34. The summed E-state index contributed by atoms with van der Waals surface area (Å²) in [6, 6.07) is 13.4. The van der Waals surface area contributed by atoms with E-state index in [0.29, 0.717) is 28.1 Å². The fourth-order valence-electron chi connectivity index (χ4n) is 3.37. The third-order valence-corrected chi connectivity index (χ3v) is 6.35. The average molecular weight is 461 g/mol.